The monoisotopic (exact) mass is 652 g/mol. The first kappa shape index (κ1) is 33.6. The number of nitrogens with one attached hydrogen (secondary N) is 1. The minimum absolute atomic E-state index is 0.156. The maximum absolute atomic E-state index is 13.9. The molecule has 0 unspecified atom stereocenters. The van der Waals surface area contributed by atoms with Crippen LogP contribution < -0.4 is 29.8 Å². The number of ether oxygens (including phenoxy) is 4. The molecule has 0 spiro atoms. The van der Waals surface area contributed by atoms with Crippen molar-refractivity contribution in [2.75, 3.05) is 32.8 Å². The number of carbonyl (C=O) groups excluding carboxylic acids is 1. The molecule has 0 fully saturated rings. The molecule has 248 valence electrons. The van der Waals surface area contributed by atoms with Crippen molar-refractivity contribution < 1.29 is 28.1 Å². The van der Waals surface area contributed by atoms with Crippen LogP contribution in [0.3, 0.4) is 0 Å². The second-order valence-corrected chi connectivity index (χ2v) is 11.2. The molecule has 1 amide bonds. The molecule has 0 saturated carbocycles. The van der Waals surface area contributed by atoms with E-state index in [-0.39, 0.29) is 28.7 Å². The van der Waals surface area contributed by atoms with E-state index < -0.39 is 18.3 Å². The van der Waals surface area contributed by atoms with E-state index in [4.69, 9.17) is 23.9 Å². The van der Waals surface area contributed by atoms with Crippen LogP contribution in [0.5, 0.6) is 23.0 Å². The van der Waals surface area contributed by atoms with Gasteiger partial charge in [0.1, 0.15) is 11.6 Å². The standard InChI is InChI=1S/C37H37FN4O6/c1-7-47-31-15-23(4)29(19-28(31)22(2)3)36-41-30-14-9-8-13-27(30)37(44)42(36)39-20-24-16-32(45-5)35(33(17-24)46-6)48-21-34(43)40-26-12-10-11-25(38)18-26/h8-20,22H,7,21H2,1-6H3,(H,40,43). The normalized spacial score (nSPS) is 11.2. The highest BCUT2D eigenvalue weighted by Crippen LogP contribution is 2.38. The number of aryl methyl sites for hydroxylation is 1. The topological polar surface area (TPSA) is 113 Å². The highest BCUT2D eigenvalue weighted by Gasteiger charge is 2.20. The van der Waals surface area contributed by atoms with Gasteiger partial charge in [0, 0.05) is 16.8 Å². The highest BCUT2D eigenvalue weighted by molar-refractivity contribution is 5.92. The van der Waals surface area contributed by atoms with Gasteiger partial charge in [-0.25, -0.2) is 9.37 Å². The summed E-state index contributed by atoms with van der Waals surface area (Å²) < 4.78 is 37.6. The van der Waals surface area contributed by atoms with E-state index in [1.54, 1.807) is 36.4 Å². The minimum Gasteiger partial charge on any atom is -0.494 e. The summed E-state index contributed by atoms with van der Waals surface area (Å²) in [5.41, 5.74) is 3.65. The van der Waals surface area contributed by atoms with E-state index in [9.17, 15) is 14.0 Å². The maximum Gasteiger partial charge on any atom is 0.282 e. The van der Waals surface area contributed by atoms with E-state index in [1.165, 1.54) is 43.3 Å². The zero-order chi connectivity index (χ0) is 34.4. The molecule has 0 radical (unpaired) electrons. The number of hydrogen-bond acceptors (Lipinski definition) is 8. The van der Waals surface area contributed by atoms with Crippen molar-refractivity contribution in [3.63, 3.8) is 0 Å². The number of hydrogen-bond donors (Lipinski definition) is 1. The molecule has 1 aromatic heterocycles. The Morgan fingerprint density at radius 2 is 1.71 bits per heavy atom. The number of aromatic nitrogens is 2. The lowest BCUT2D eigenvalue weighted by Crippen LogP contribution is -2.21. The summed E-state index contributed by atoms with van der Waals surface area (Å²) in [6.45, 7) is 8.20. The maximum atomic E-state index is 13.9. The molecule has 0 saturated heterocycles. The van der Waals surface area contributed by atoms with Crippen LogP contribution in [0.1, 0.15) is 43.4 Å². The Balaban J connectivity index is 1.53. The van der Waals surface area contributed by atoms with Gasteiger partial charge in [0.25, 0.3) is 11.5 Å². The smallest absolute Gasteiger partial charge is 0.282 e. The number of nitrogens with zero attached hydrogens (tertiary/aromatic N) is 3. The fraction of sp³-hybridized carbons (Fsp3) is 0.243. The van der Waals surface area contributed by atoms with Gasteiger partial charge in [-0.1, -0.05) is 32.0 Å². The van der Waals surface area contributed by atoms with Crippen LogP contribution in [0.4, 0.5) is 10.1 Å². The minimum atomic E-state index is -0.503. The van der Waals surface area contributed by atoms with Gasteiger partial charge in [0.05, 0.1) is 37.9 Å². The molecule has 5 rings (SSSR count). The fourth-order valence-electron chi connectivity index (χ4n) is 5.22. The Morgan fingerprint density at radius 3 is 2.38 bits per heavy atom. The second kappa shape index (κ2) is 14.8. The van der Waals surface area contributed by atoms with Gasteiger partial charge >= 0.3 is 0 Å². The van der Waals surface area contributed by atoms with Crippen LogP contribution in [0.15, 0.2) is 82.7 Å². The lowest BCUT2D eigenvalue weighted by molar-refractivity contribution is -0.118. The van der Waals surface area contributed by atoms with E-state index >= 15 is 0 Å². The van der Waals surface area contributed by atoms with Gasteiger partial charge in [-0.3, -0.25) is 9.59 Å². The molecule has 0 aliphatic carbocycles. The van der Waals surface area contributed by atoms with Gasteiger partial charge < -0.3 is 24.3 Å². The molecule has 5 aromatic rings. The van der Waals surface area contributed by atoms with Crippen molar-refractivity contribution >= 4 is 28.7 Å². The number of carbonyl (C=O) groups is 1. The lowest BCUT2D eigenvalue weighted by Gasteiger charge is -2.18. The average molecular weight is 653 g/mol. The Hall–Kier alpha value is -5.71. The molecule has 4 aromatic carbocycles. The quantitative estimate of drug-likeness (QED) is 0.145. The second-order valence-electron chi connectivity index (χ2n) is 11.2. The zero-order valence-corrected chi connectivity index (χ0v) is 27.7. The average Bonchev–Trinajstić information content (AvgIpc) is 3.06. The third-order valence-corrected chi connectivity index (χ3v) is 7.53. The Morgan fingerprint density at radius 1 is 0.979 bits per heavy atom. The van der Waals surface area contributed by atoms with Gasteiger partial charge in [0.2, 0.25) is 5.75 Å². The zero-order valence-electron chi connectivity index (χ0n) is 27.7. The first-order chi connectivity index (χ1) is 23.1. The van der Waals surface area contributed by atoms with E-state index in [0.717, 1.165) is 22.4 Å². The summed E-state index contributed by atoms with van der Waals surface area (Å²) in [6, 6.07) is 19.9. The van der Waals surface area contributed by atoms with Crippen molar-refractivity contribution in [2.24, 2.45) is 5.10 Å². The first-order valence-electron chi connectivity index (χ1n) is 15.4. The van der Waals surface area contributed by atoms with Crippen molar-refractivity contribution in [1.29, 1.82) is 0 Å². The Bertz CT molecular complexity index is 2030. The van der Waals surface area contributed by atoms with Gasteiger partial charge in [-0.2, -0.15) is 9.78 Å². The van der Waals surface area contributed by atoms with Crippen molar-refractivity contribution in [2.45, 2.75) is 33.6 Å². The third kappa shape index (κ3) is 7.30. The van der Waals surface area contributed by atoms with Crippen LogP contribution >= 0.6 is 0 Å². The van der Waals surface area contributed by atoms with Crippen LogP contribution in [-0.4, -0.2) is 49.2 Å². The SMILES string of the molecule is CCOc1cc(C)c(-c2nc3ccccc3c(=O)n2N=Cc2cc(OC)c(OCC(=O)Nc3cccc(F)c3)c(OC)c2)cc1C(C)C. The predicted octanol–water partition coefficient (Wildman–Crippen LogP) is 6.95. The molecule has 11 heteroatoms. The largest absolute Gasteiger partial charge is 0.494 e. The van der Waals surface area contributed by atoms with Gasteiger partial charge in [0.15, 0.2) is 23.9 Å². The van der Waals surface area contributed by atoms with Gasteiger partial charge in [-0.05, 0) is 85.5 Å². The number of halogens is 1. The van der Waals surface area contributed by atoms with Gasteiger partial charge in [-0.15, -0.1) is 0 Å². The van der Waals surface area contributed by atoms with Crippen LogP contribution in [0, 0.1) is 12.7 Å². The number of methoxy groups -OCH3 is 2. The summed E-state index contributed by atoms with van der Waals surface area (Å²) in [4.78, 5) is 31.3. The molecule has 1 heterocycles. The number of anilines is 1. The van der Waals surface area contributed by atoms with Crippen LogP contribution in [0.25, 0.3) is 22.3 Å². The molecule has 0 aliphatic rings. The molecule has 0 aliphatic heterocycles. The van der Waals surface area contributed by atoms with Crippen LogP contribution in [-0.2, 0) is 4.79 Å². The van der Waals surface area contributed by atoms with Crippen LogP contribution in [0.2, 0.25) is 0 Å². The molecular formula is C37H37FN4O6. The number of para-hydroxylation sites is 1. The van der Waals surface area contributed by atoms with E-state index in [1.807, 2.05) is 32.0 Å². The Labute approximate surface area is 277 Å². The van der Waals surface area contributed by atoms with Crippen molar-refractivity contribution in [3.8, 4) is 34.4 Å². The molecule has 0 atom stereocenters. The summed E-state index contributed by atoms with van der Waals surface area (Å²) in [7, 11) is 2.90. The van der Waals surface area contributed by atoms with Crippen molar-refractivity contribution in [3.05, 3.63) is 106 Å². The van der Waals surface area contributed by atoms with E-state index in [0.29, 0.717) is 34.6 Å². The molecular weight excluding hydrogens is 615 g/mol. The number of amides is 1. The predicted molar refractivity (Wildman–Crippen MR) is 184 cm³/mol. The molecule has 0 bridgehead atoms. The summed E-state index contributed by atoms with van der Waals surface area (Å²) in [6.07, 6.45) is 1.50. The third-order valence-electron chi connectivity index (χ3n) is 7.53. The lowest BCUT2D eigenvalue weighted by atomic mass is 9.96. The first-order valence-corrected chi connectivity index (χ1v) is 15.4. The fourth-order valence-corrected chi connectivity index (χ4v) is 5.22. The summed E-state index contributed by atoms with van der Waals surface area (Å²) >= 11 is 0. The number of rotatable bonds is 12. The molecule has 1 N–H and O–H groups in total. The van der Waals surface area contributed by atoms with Crippen molar-refractivity contribution in [1.82, 2.24) is 9.66 Å². The highest BCUT2D eigenvalue weighted by atomic mass is 19.1. The summed E-state index contributed by atoms with van der Waals surface area (Å²) in [5.74, 6) is 1.06. The number of fused-ring (bicyclic) bond motifs is 1. The molecule has 48 heavy (non-hydrogen) atoms. The number of benzene rings is 4. The molecule has 10 nitrogen and oxygen atoms in total. The Kier molecular flexibility index (Phi) is 10.4. The summed E-state index contributed by atoms with van der Waals surface area (Å²) in [5, 5.41) is 7.63. The van der Waals surface area contributed by atoms with E-state index in [2.05, 4.69) is 24.3 Å².